The first-order chi connectivity index (χ1) is 9.15. The first-order valence-electron chi connectivity index (χ1n) is 6.98. The third-order valence-corrected chi connectivity index (χ3v) is 3.98. The molecule has 0 aromatic heterocycles. The molecule has 1 saturated carbocycles. The van der Waals surface area contributed by atoms with E-state index in [0.717, 1.165) is 31.2 Å². The van der Waals surface area contributed by atoms with Crippen LogP contribution in [0.3, 0.4) is 0 Å². The van der Waals surface area contributed by atoms with Crippen molar-refractivity contribution in [2.75, 3.05) is 19.0 Å². The number of benzene rings is 1. The zero-order valence-electron chi connectivity index (χ0n) is 11.7. The summed E-state index contributed by atoms with van der Waals surface area (Å²) in [5.74, 6) is -0.215. The highest BCUT2D eigenvalue weighted by Gasteiger charge is 2.29. The Hall–Kier alpha value is -1.13. The molecule has 0 heterocycles. The van der Waals surface area contributed by atoms with E-state index in [9.17, 15) is 9.50 Å². The van der Waals surface area contributed by atoms with Crippen molar-refractivity contribution in [3.05, 3.63) is 29.6 Å². The van der Waals surface area contributed by atoms with Crippen molar-refractivity contribution in [1.29, 1.82) is 0 Å². The maximum Gasteiger partial charge on any atom is 0.146 e. The van der Waals surface area contributed by atoms with Gasteiger partial charge in [0, 0.05) is 13.6 Å². The van der Waals surface area contributed by atoms with Gasteiger partial charge in [-0.2, -0.15) is 0 Å². The largest absolute Gasteiger partial charge is 0.391 e. The second kappa shape index (κ2) is 6.35. The van der Waals surface area contributed by atoms with Crippen molar-refractivity contribution in [2.24, 2.45) is 0 Å². The Bertz CT molecular complexity index is 425. The monoisotopic (exact) mass is 266 g/mol. The molecule has 2 atom stereocenters. The second-order valence-corrected chi connectivity index (χ2v) is 5.31. The SMILES string of the molecule is CNCc1cccc(F)c1N(C)C1CCCCC1O. The first kappa shape index (κ1) is 14.3. The van der Waals surface area contributed by atoms with Crippen LogP contribution in [0.5, 0.6) is 0 Å². The summed E-state index contributed by atoms with van der Waals surface area (Å²) in [5, 5.41) is 13.2. The third kappa shape index (κ3) is 3.07. The van der Waals surface area contributed by atoms with Gasteiger partial charge in [-0.15, -0.1) is 0 Å². The summed E-state index contributed by atoms with van der Waals surface area (Å²) in [7, 11) is 3.74. The predicted molar refractivity (Wildman–Crippen MR) is 75.8 cm³/mol. The minimum atomic E-state index is -0.360. The van der Waals surface area contributed by atoms with Gasteiger partial charge in [0.2, 0.25) is 0 Å². The van der Waals surface area contributed by atoms with E-state index in [2.05, 4.69) is 5.32 Å². The fraction of sp³-hybridized carbons (Fsp3) is 0.600. The minimum Gasteiger partial charge on any atom is -0.391 e. The van der Waals surface area contributed by atoms with Crippen LogP contribution < -0.4 is 10.2 Å². The second-order valence-electron chi connectivity index (χ2n) is 5.31. The van der Waals surface area contributed by atoms with Crippen LogP contribution in [-0.4, -0.2) is 31.3 Å². The highest BCUT2D eigenvalue weighted by molar-refractivity contribution is 5.55. The lowest BCUT2D eigenvalue weighted by Gasteiger charge is -2.37. The number of para-hydroxylation sites is 1. The lowest BCUT2D eigenvalue weighted by atomic mass is 9.91. The molecule has 1 aliphatic carbocycles. The predicted octanol–water partition coefficient (Wildman–Crippen LogP) is 2.28. The first-order valence-corrected chi connectivity index (χ1v) is 6.98. The molecule has 2 rings (SSSR count). The standard InChI is InChI=1S/C15H23FN2O/c1-17-10-11-6-5-7-12(16)15(11)18(2)13-8-3-4-9-14(13)19/h5-7,13-14,17,19H,3-4,8-10H2,1-2H3. The highest BCUT2D eigenvalue weighted by atomic mass is 19.1. The zero-order valence-corrected chi connectivity index (χ0v) is 11.7. The number of likely N-dealkylation sites (N-methyl/N-ethyl adjacent to an activating group) is 1. The average Bonchev–Trinajstić information content (AvgIpc) is 2.39. The fourth-order valence-electron chi connectivity index (χ4n) is 3.00. The summed E-state index contributed by atoms with van der Waals surface area (Å²) < 4.78 is 14.2. The van der Waals surface area contributed by atoms with Crippen LogP contribution in [0.1, 0.15) is 31.2 Å². The van der Waals surface area contributed by atoms with Gasteiger partial charge < -0.3 is 15.3 Å². The number of hydrogen-bond acceptors (Lipinski definition) is 3. The van der Waals surface area contributed by atoms with Crippen molar-refractivity contribution in [2.45, 2.75) is 44.4 Å². The molecule has 0 spiro atoms. The minimum absolute atomic E-state index is 0.0151. The zero-order chi connectivity index (χ0) is 13.8. The molecule has 2 N–H and O–H groups in total. The Labute approximate surface area is 114 Å². The molecule has 2 unspecified atom stereocenters. The number of nitrogens with one attached hydrogen (secondary N) is 1. The van der Waals surface area contributed by atoms with Crippen LogP contribution in [-0.2, 0) is 6.54 Å². The molecule has 1 aliphatic rings. The number of anilines is 1. The van der Waals surface area contributed by atoms with Gasteiger partial charge in [0.25, 0.3) is 0 Å². The Morgan fingerprint density at radius 2 is 2.11 bits per heavy atom. The van der Waals surface area contributed by atoms with Crippen LogP contribution in [0.4, 0.5) is 10.1 Å². The summed E-state index contributed by atoms with van der Waals surface area (Å²) in [6.45, 7) is 0.625. The molecular weight excluding hydrogens is 243 g/mol. The van der Waals surface area contributed by atoms with Crippen molar-refractivity contribution in [1.82, 2.24) is 5.32 Å². The van der Waals surface area contributed by atoms with Crippen LogP contribution in [0.2, 0.25) is 0 Å². The Morgan fingerprint density at radius 3 is 2.79 bits per heavy atom. The number of aliphatic hydroxyl groups excluding tert-OH is 1. The smallest absolute Gasteiger partial charge is 0.146 e. The van der Waals surface area contributed by atoms with Crippen molar-refractivity contribution in [3.63, 3.8) is 0 Å². The van der Waals surface area contributed by atoms with E-state index in [1.165, 1.54) is 6.07 Å². The third-order valence-electron chi connectivity index (χ3n) is 3.98. The van der Waals surface area contributed by atoms with Gasteiger partial charge in [-0.1, -0.05) is 25.0 Å². The lowest BCUT2D eigenvalue weighted by molar-refractivity contribution is 0.106. The van der Waals surface area contributed by atoms with E-state index in [1.807, 2.05) is 25.1 Å². The van der Waals surface area contributed by atoms with E-state index in [-0.39, 0.29) is 18.0 Å². The van der Waals surface area contributed by atoms with Crippen LogP contribution >= 0.6 is 0 Å². The summed E-state index contributed by atoms with van der Waals surface area (Å²) in [6, 6.07) is 5.17. The number of hydrogen-bond donors (Lipinski definition) is 2. The van der Waals surface area contributed by atoms with E-state index in [1.54, 1.807) is 6.07 Å². The molecule has 19 heavy (non-hydrogen) atoms. The molecule has 3 nitrogen and oxygen atoms in total. The van der Waals surface area contributed by atoms with Crippen LogP contribution in [0.25, 0.3) is 0 Å². The Morgan fingerprint density at radius 1 is 1.37 bits per heavy atom. The molecule has 1 fully saturated rings. The molecule has 0 saturated heterocycles. The van der Waals surface area contributed by atoms with Gasteiger partial charge in [-0.25, -0.2) is 4.39 Å². The summed E-state index contributed by atoms with van der Waals surface area (Å²) in [4.78, 5) is 1.92. The number of halogens is 1. The van der Waals surface area contributed by atoms with E-state index in [0.29, 0.717) is 12.2 Å². The molecule has 1 aromatic rings. The molecule has 106 valence electrons. The van der Waals surface area contributed by atoms with Gasteiger partial charge in [-0.3, -0.25) is 0 Å². The molecule has 4 heteroatoms. The van der Waals surface area contributed by atoms with Crippen LogP contribution in [0, 0.1) is 5.82 Å². The topological polar surface area (TPSA) is 35.5 Å². The van der Waals surface area contributed by atoms with Gasteiger partial charge in [0.05, 0.1) is 17.8 Å². The van der Waals surface area contributed by atoms with Gasteiger partial charge >= 0.3 is 0 Å². The van der Waals surface area contributed by atoms with E-state index >= 15 is 0 Å². The maximum absolute atomic E-state index is 14.2. The summed E-state index contributed by atoms with van der Waals surface area (Å²) >= 11 is 0. The molecule has 1 aromatic carbocycles. The van der Waals surface area contributed by atoms with Crippen LogP contribution in [0.15, 0.2) is 18.2 Å². The van der Waals surface area contributed by atoms with Gasteiger partial charge in [0.1, 0.15) is 5.82 Å². The number of aliphatic hydroxyl groups is 1. The van der Waals surface area contributed by atoms with Crippen molar-refractivity contribution in [3.8, 4) is 0 Å². The molecular formula is C15H23FN2O. The van der Waals surface area contributed by atoms with Gasteiger partial charge in [0.15, 0.2) is 0 Å². The molecule has 0 amide bonds. The van der Waals surface area contributed by atoms with Gasteiger partial charge in [-0.05, 0) is 31.5 Å². The summed E-state index contributed by atoms with van der Waals surface area (Å²) in [5.41, 5.74) is 1.55. The summed E-state index contributed by atoms with van der Waals surface area (Å²) in [6.07, 6.45) is 3.53. The molecule has 0 bridgehead atoms. The van der Waals surface area contributed by atoms with Crippen molar-refractivity contribution >= 4 is 5.69 Å². The Kier molecular flexibility index (Phi) is 4.77. The van der Waals surface area contributed by atoms with E-state index < -0.39 is 0 Å². The fourth-order valence-corrected chi connectivity index (χ4v) is 3.00. The highest BCUT2D eigenvalue weighted by Crippen LogP contribution is 2.30. The Balaban J connectivity index is 2.28. The molecule has 0 aliphatic heterocycles. The quantitative estimate of drug-likeness (QED) is 0.877. The van der Waals surface area contributed by atoms with Crippen molar-refractivity contribution < 1.29 is 9.50 Å². The lowest BCUT2D eigenvalue weighted by Crippen LogP contribution is -2.44. The van der Waals surface area contributed by atoms with E-state index in [4.69, 9.17) is 0 Å². The number of rotatable bonds is 4. The normalized spacial score (nSPS) is 23.4. The maximum atomic E-state index is 14.2. The average molecular weight is 266 g/mol. The molecule has 0 radical (unpaired) electrons. The number of nitrogens with zero attached hydrogens (tertiary/aromatic N) is 1.